The van der Waals surface area contributed by atoms with Crippen molar-refractivity contribution in [3.8, 4) is 5.75 Å². The van der Waals surface area contributed by atoms with Gasteiger partial charge in [-0.05, 0) is 41.8 Å². The van der Waals surface area contributed by atoms with E-state index in [1.165, 1.54) is 10.5 Å². The third-order valence-corrected chi connectivity index (χ3v) is 6.67. The Morgan fingerprint density at radius 3 is 2.19 bits per heavy atom. The van der Waals surface area contributed by atoms with Crippen molar-refractivity contribution in [2.24, 2.45) is 0 Å². The minimum atomic E-state index is -1.03. The van der Waals surface area contributed by atoms with E-state index in [-0.39, 0.29) is 11.9 Å². The largest absolute Gasteiger partial charge is 0.497 e. The number of carbonyl (C=O) groups excluding carboxylic acids is 2. The summed E-state index contributed by atoms with van der Waals surface area (Å²) in [6.45, 7) is 6.44. The van der Waals surface area contributed by atoms with Crippen LogP contribution in [0, 0.1) is 0 Å². The first-order valence-electron chi connectivity index (χ1n) is 10.9. The Labute approximate surface area is 193 Å². The zero-order valence-electron chi connectivity index (χ0n) is 18.5. The molecule has 170 valence electrons. The van der Waals surface area contributed by atoms with Crippen molar-refractivity contribution in [3.63, 3.8) is 0 Å². The van der Waals surface area contributed by atoms with Crippen LogP contribution >= 0.6 is 11.6 Å². The van der Waals surface area contributed by atoms with Crippen LogP contribution in [0.5, 0.6) is 5.75 Å². The monoisotopic (exact) mass is 456 g/mol. The smallest absolute Gasteiger partial charge is 0.326 e. The molecule has 1 atom stereocenters. The summed E-state index contributed by atoms with van der Waals surface area (Å²) in [4.78, 5) is 32.1. The van der Waals surface area contributed by atoms with Crippen LogP contribution in [0.25, 0.3) is 0 Å². The molecule has 1 unspecified atom stereocenters. The SMILES string of the molecule is CCC1(c2ccc(OC)cc2)NC(=O)N(CN2CCN(Cc3ccc(Cl)cc3)CC2)C1=O. The van der Waals surface area contributed by atoms with E-state index in [2.05, 4.69) is 15.1 Å². The second-order valence-corrected chi connectivity index (χ2v) is 8.75. The van der Waals surface area contributed by atoms with Crippen LogP contribution in [0.4, 0.5) is 4.79 Å². The number of piperazine rings is 1. The summed E-state index contributed by atoms with van der Waals surface area (Å²) in [6.07, 6.45) is 0.481. The van der Waals surface area contributed by atoms with Crippen molar-refractivity contribution in [3.05, 3.63) is 64.7 Å². The van der Waals surface area contributed by atoms with Gasteiger partial charge in [0.1, 0.15) is 11.3 Å². The molecule has 2 aromatic rings. The fourth-order valence-corrected chi connectivity index (χ4v) is 4.53. The summed E-state index contributed by atoms with van der Waals surface area (Å²) < 4.78 is 5.22. The number of hydrogen-bond donors (Lipinski definition) is 1. The quantitative estimate of drug-likeness (QED) is 0.648. The van der Waals surface area contributed by atoms with Gasteiger partial charge in [-0.2, -0.15) is 0 Å². The minimum Gasteiger partial charge on any atom is -0.497 e. The van der Waals surface area contributed by atoms with Crippen LogP contribution in [0.15, 0.2) is 48.5 Å². The van der Waals surface area contributed by atoms with Gasteiger partial charge in [-0.1, -0.05) is 42.8 Å². The van der Waals surface area contributed by atoms with Crippen molar-refractivity contribution in [2.45, 2.75) is 25.4 Å². The zero-order valence-corrected chi connectivity index (χ0v) is 19.3. The predicted octanol–water partition coefficient (Wildman–Crippen LogP) is 3.28. The summed E-state index contributed by atoms with van der Waals surface area (Å²) in [6, 6.07) is 14.9. The highest BCUT2D eigenvalue weighted by Crippen LogP contribution is 2.33. The van der Waals surface area contributed by atoms with Gasteiger partial charge in [-0.15, -0.1) is 0 Å². The third kappa shape index (κ3) is 4.46. The molecule has 0 saturated carbocycles. The van der Waals surface area contributed by atoms with E-state index >= 15 is 0 Å². The second kappa shape index (κ2) is 9.48. The molecule has 4 rings (SSSR count). The number of hydrogen-bond acceptors (Lipinski definition) is 5. The number of urea groups is 1. The van der Waals surface area contributed by atoms with Crippen LogP contribution in [0.1, 0.15) is 24.5 Å². The van der Waals surface area contributed by atoms with Crippen molar-refractivity contribution in [1.29, 1.82) is 0 Å². The number of amides is 3. The molecule has 0 spiro atoms. The number of nitrogens with zero attached hydrogens (tertiary/aromatic N) is 3. The van der Waals surface area contributed by atoms with E-state index in [1.807, 2.05) is 55.5 Å². The molecule has 0 radical (unpaired) electrons. The molecule has 2 aromatic carbocycles. The maximum absolute atomic E-state index is 13.4. The molecule has 2 heterocycles. The third-order valence-electron chi connectivity index (χ3n) is 6.41. The van der Waals surface area contributed by atoms with Gasteiger partial charge in [-0.25, -0.2) is 9.69 Å². The topological polar surface area (TPSA) is 65.1 Å². The highest BCUT2D eigenvalue weighted by atomic mass is 35.5. The standard InChI is InChI=1S/C24H29ClN4O3/c1-3-24(19-6-10-21(32-2)11-7-19)22(30)29(23(31)26-24)17-28-14-12-27(13-15-28)16-18-4-8-20(25)9-5-18/h4-11H,3,12-17H2,1-2H3,(H,26,31). The van der Waals surface area contributed by atoms with Gasteiger partial charge in [0.25, 0.3) is 5.91 Å². The normalized spacial score (nSPS) is 22.3. The first kappa shape index (κ1) is 22.6. The molecule has 2 saturated heterocycles. The van der Waals surface area contributed by atoms with E-state index in [0.29, 0.717) is 18.8 Å². The summed E-state index contributed by atoms with van der Waals surface area (Å²) in [5.41, 5.74) is 0.971. The van der Waals surface area contributed by atoms with Gasteiger partial charge in [0.05, 0.1) is 13.8 Å². The molecular formula is C24H29ClN4O3. The molecule has 0 bridgehead atoms. The van der Waals surface area contributed by atoms with Crippen molar-refractivity contribution < 1.29 is 14.3 Å². The van der Waals surface area contributed by atoms with Gasteiger partial charge in [0.15, 0.2) is 0 Å². The molecule has 2 fully saturated rings. The van der Waals surface area contributed by atoms with Crippen molar-refractivity contribution in [1.82, 2.24) is 20.0 Å². The Bertz CT molecular complexity index is 958. The number of methoxy groups -OCH3 is 1. The molecule has 0 aliphatic carbocycles. The van der Waals surface area contributed by atoms with Gasteiger partial charge in [0.2, 0.25) is 0 Å². The Morgan fingerprint density at radius 2 is 1.59 bits per heavy atom. The summed E-state index contributed by atoms with van der Waals surface area (Å²) in [5.74, 6) is 0.517. The van der Waals surface area contributed by atoms with E-state index in [0.717, 1.165) is 43.3 Å². The lowest BCUT2D eigenvalue weighted by Crippen LogP contribution is -2.51. The van der Waals surface area contributed by atoms with Crippen molar-refractivity contribution >= 4 is 23.5 Å². The number of ether oxygens (including phenoxy) is 1. The predicted molar refractivity (Wildman–Crippen MR) is 124 cm³/mol. The maximum atomic E-state index is 13.4. The maximum Gasteiger partial charge on any atom is 0.326 e. The van der Waals surface area contributed by atoms with E-state index in [1.54, 1.807) is 7.11 Å². The van der Waals surface area contributed by atoms with Gasteiger partial charge < -0.3 is 10.1 Å². The van der Waals surface area contributed by atoms with Crippen LogP contribution < -0.4 is 10.1 Å². The van der Waals surface area contributed by atoms with E-state index < -0.39 is 5.54 Å². The molecule has 32 heavy (non-hydrogen) atoms. The average molecular weight is 457 g/mol. The molecule has 2 aliphatic heterocycles. The number of rotatable bonds is 7. The van der Waals surface area contributed by atoms with Gasteiger partial charge >= 0.3 is 6.03 Å². The molecule has 8 heteroatoms. The molecule has 3 amide bonds. The van der Waals surface area contributed by atoms with E-state index in [9.17, 15) is 9.59 Å². The zero-order chi connectivity index (χ0) is 22.7. The number of halogens is 1. The summed E-state index contributed by atoms with van der Waals surface area (Å²) >= 11 is 5.97. The fraction of sp³-hybridized carbons (Fsp3) is 0.417. The van der Waals surface area contributed by atoms with Gasteiger partial charge in [-0.3, -0.25) is 14.6 Å². The fourth-order valence-electron chi connectivity index (χ4n) is 4.41. The van der Waals surface area contributed by atoms with E-state index in [4.69, 9.17) is 16.3 Å². The number of benzene rings is 2. The number of nitrogens with one attached hydrogen (secondary N) is 1. The van der Waals surface area contributed by atoms with Crippen molar-refractivity contribution in [2.75, 3.05) is 40.0 Å². The highest BCUT2D eigenvalue weighted by molar-refractivity contribution is 6.30. The molecule has 2 aliphatic rings. The molecule has 1 N–H and O–H groups in total. The minimum absolute atomic E-state index is 0.196. The summed E-state index contributed by atoms with van der Waals surface area (Å²) in [7, 11) is 1.60. The van der Waals surface area contributed by atoms with Crippen LogP contribution in [0.2, 0.25) is 5.02 Å². The Morgan fingerprint density at radius 1 is 0.969 bits per heavy atom. The van der Waals surface area contributed by atoms with Gasteiger partial charge in [0, 0.05) is 37.7 Å². The lowest BCUT2D eigenvalue weighted by molar-refractivity contribution is -0.133. The molecule has 7 nitrogen and oxygen atoms in total. The molecule has 0 aromatic heterocycles. The second-order valence-electron chi connectivity index (χ2n) is 8.31. The van der Waals surface area contributed by atoms with Crippen LogP contribution in [0.3, 0.4) is 0 Å². The molecular weight excluding hydrogens is 428 g/mol. The Balaban J connectivity index is 1.37. The first-order valence-corrected chi connectivity index (χ1v) is 11.3. The highest BCUT2D eigenvalue weighted by Gasteiger charge is 2.51. The Kier molecular flexibility index (Phi) is 6.69. The van der Waals surface area contributed by atoms with Crippen LogP contribution in [-0.2, 0) is 16.9 Å². The Hall–Kier alpha value is -2.61. The number of carbonyl (C=O) groups is 2. The lowest BCUT2D eigenvalue weighted by Gasteiger charge is -2.36. The van der Waals surface area contributed by atoms with Crippen LogP contribution in [-0.4, -0.2) is 66.6 Å². The first-order chi connectivity index (χ1) is 15.4. The summed E-state index contributed by atoms with van der Waals surface area (Å²) in [5, 5.41) is 3.70. The average Bonchev–Trinajstić information content (AvgIpc) is 3.07. The number of imide groups is 1. The lowest BCUT2D eigenvalue weighted by atomic mass is 9.87.